The number of carbonyl (C=O) groups is 2. The zero-order valence-electron chi connectivity index (χ0n) is 9.78. The van der Waals surface area contributed by atoms with Gasteiger partial charge in [-0.2, -0.15) is 0 Å². The summed E-state index contributed by atoms with van der Waals surface area (Å²) in [5.74, 6) is -1.28. The number of hydrogen-bond acceptors (Lipinski definition) is 3. The monoisotopic (exact) mass is 339 g/mol. The molecular formula is C11H12BrClFNO3. The Morgan fingerprint density at radius 2 is 2.06 bits per heavy atom. The first kappa shape index (κ1) is 16.9. The lowest BCUT2D eigenvalue weighted by Gasteiger charge is -2.18. The van der Waals surface area contributed by atoms with Crippen molar-refractivity contribution in [2.24, 2.45) is 0 Å². The first-order chi connectivity index (χ1) is 7.97. The predicted molar refractivity (Wildman–Crippen MR) is 71.5 cm³/mol. The number of amides is 2. The minimum Gasteiger partial charge on any atom is -0.449 e. The van der Waals surface area contributed by atoms with Gasteiger partial charge < -0.3 is 4.74 Å². The molecule has 7 heteroatoms. The molecule has 0 fully saturated rings. The molecule has 4 nitrogen and oxygen atoms in total. The zero-order chi connectivity index (χ0) is 13.0. The van der Waals surface area contributed by atoms with Crippen molar-refractivity contribution in [1.82, 2.24) is 0 Å². The van der Waals surface area contributed by atoms with Crippen LogP contribution in [0.2, 0.25) is 0 Å². The Kier molecular flexibility index (Phi) is 6.86. The average Bonchev–Trinajstić information content (AvgIpc) is 2.21. The Morgan fingerprint density at radius 3 is 2.50 bits per heavy atom. The fourth-order valence-corrected chi connectivity index (χ4v) is 1.58. The van der Waals surface area contributed by atoms with E-state index in [2.05, 4.69) is 15.9 Å². The largest absolute Gasteiger partial charge is 0.449 e. The molecule has 1 aromatic rings. The van der Waals surface area contributed by atoms with Crippen molar-refractivity contribution < 1.29 is 18.7 Å². The number of halogens is 3. The highest BCUT2D eigenvalue weighted by molar-refractivity contribution is 9.10. The summed E-state index contributed by atoms with van der Waals surface area (Å²) in [4.78, 5) is 23.5. The van der Waals surface area contributed by atoms with Gasteiger partial charge >= 0.3 is 6.09 Å². The molecule has 0 aliphatic heterocycles. The molecule has 0 N–H and O–H groups in total. The fourth-order valence-electron chi connectivity index (χ4n) is 1.25. The maximum absolute atomic E-state index is 13.6. The maximum atomic E-state index is 13.6. The van der Waals surface area contributed by atoms with Gasteiger partial charge in [0, 0.05) is 11.4 Å². The molecule has 0 saturated heterocycles. The van der Waals surface area contributed by atoms with Crippen molar-refractivity contribution in [3.8, 4) is 0 Å². The molecular weight excluding hydrogens is 328 g/mol. The molecule has 1 aromatic carbocycles. The van der Waals surface area contributed by atoms with Crippen LogP contribution in [0.4, 0.5) is 14.9 Å². The Morgan fingerprint density at radius 1 is 1.44 bits per heavy atom. The smallest absolute Gasteiger partial charge is 0.421 e. The molecule has 0 bridgehead atoms. The van der Waals surface area contributed by atoms with Gasteiger partial charge in [-0.3, -0.25) is 4.79 Å². The van der Waals surface area contributed by atoms with Gasteiger partial charge in [-0.25, -0.2) is 14.1 Å². The van der Waals surface area contributed by atoms with Crippen molar-refractivity contribution in [2.45, 2.75) is 13.8 Å². The Labute approximate surface area is 119 Å². The first-order valence-electron chi connectivity index (χ1n) is 4.89. The number of hydrogen-bond donors (Lipinski definition) is 0. The number of rotatable bonds is 2. The van der Waals surface area contributed by atoms with Crippen LogP contribution in [0.15, 0.2) is 22.7 Å². The summed E-state index contributed by atoms with van der Waals surface area (Å²) in [6, 6.07) is 4.04. The zero-order valence-corrected chi connectivity index (χ0v) is 12.2. The molecule has 0 aromatic heterocycles. The molecule has 1 rings (SSSR count). The minimum atomic E-state index is -0.888. The van der Waals surface area contributed by atoms with Crippen molar-refractivity contribution in [3.05, 3.63) is 28.5 Å². The molecule has 0 aliphatic carbocycles. The molecule has 0 aliphatic rings. The van der Waals surface area contributed by atoms with E-state index in [1.165, 1.54) is 25.1 Å². The van der Waals surface area contributed by atoms with Crippen LogP contribution >= 0.6 is 28.3 Å². The van der Waals surface area contributed by atoms with Crippen LogP contribution < -0.4 is 4.90 Å². The predicted octanol–water partition coefficient (Wildman–Crippen LogP) is 3.52. The molecule has 0 radical (unpaired) electrons. The molecule has 0 atom stereocenters. The van der Waals surface area contributed by atoms with Gasteiger partial charge in [-0.05, 0) is 25.1 Å². The lowest BCUT2D eigenvalue weighted by atomic mass is 10.3. The number of benzene rings is 1. The van der Waals surface area contributed by atoms with E-state index in [0.717, 1.165) is 0 Å². The lowest BCUT2D eigenvalue weighted by molar-refractivity contribution is -0.116. The van der Waals surface area contributed by atoms with Crippen molar-refractivity contribution >= 4 is 46.0 Å². The molecule has 2 amide bonds. The highest BCUT2D eigenvalue weighted by Crippen LogP contribution is 2.24. The van der Waals surface area contributed by atoms with Gasteiger partial charge in [0.05, 0.1) is 12.3 Å². The number of nitrogens with zero attached hydrogens (tertiary/aromatic N) is 1. The number of carbonyl (C=O) groups excluding carboxylic acids is 2. The summed E-state index contributed by atoms with van der Waals surface area (Å²) in [6.45, 7) is 2.88. The summed E-state index contributed by atoms with van der Waals surface area (Å²) in [7, 11) is 0. The third-order valence-electron chi connectivity index (χ3n) is 1.92. The third kappa shape index (κ3) is 3.96. The van der Waals surface area contributed by atoms with E-state index in [0.29, 0.717) is 9.37 Å². The fraction of sp³-hybridized carbons (Fsp3) is 0.273. The highest BCUT2D eigenvalue weighted by Gasteiger charge is 2.24. The van der Waals surface area contributed by atoms with Gasteiger partial charge in [0.15, 0.2) is 0 Å². The molecule has 100 valence electrons. The van der Waals surface area contributed by atoms with E-state index in [9.17, 15) is 14.0 Å². The van der Waals surface area contributed by atoms with E-state index in [-0.39, 0.29) is 24.7 Å². The average molecular weight is 341 g/mol. The highest BCUT2D eigenvalue weighted by atomic mass is 79.9. The summed E-state index contributed by atoms with van der Waals surface area (Å²) >= 11 is 3.09. The van der Waals surface area contributed by atoms with E-state index in [4.69, 9.17) is 4.74 Å². The quantitative estimate of drug-likeness (QED) is 0.827. The third-order valence-corrected chi connectivity index (χ3v) is 2.41. The Hall–Kier alpha value is -1.14. The molecule has 0 unspecified atom stereocenters. The van der Waals surface area contributed by atoms with Crippen molar-refractivity contribution in [3.63, 3.8) is 0 Å². The van der Waals surface area contributed by atoms with Crippen LogP contribution in [0, 0.1) is 5.82 Å². The normalized spacial score (nSPS) is 9.33. The molecule has 0 saturated carbocycles. The van der Waals surface area contributed by atoms with Gasteiger partial charge in [0.2, 0.25) is 5.91 Å². The van der Waals surface area contributed by atoms with Gasteiger partial charge in [0.25, 0.3) is 0 Å². The topological polar surface area (TPSA) is 46.6 Å². The second-order valence-electron chi connectivity index (χ2n) is 3.15. The SMILES string of the molecule is CCOC(=O)N(C(C)=O)c1ccc(Br)cc1F.Cl. The van der Waals surface area contributed by atoms with Crippen LogP contribution in [0.1, 0.15) is 13.8 Å². The number of ether oxygens (including phenoxy) is 1. The molecule has 18 heavy (non-hydrogen) atoms. The van der Waals surface area contributed by atoms with Crippen LogP contribution in [0.25, 0.3) is 0 Å². The summed E-state index contributed by atoms with van der Waals surface area (Å²) in [6.07, 6.45) is -0.888. The van der Waals surface area contributed by atoms with Crippen molar-refractivity contribution in [1.29, 1.82) is 0 Å². The second kappa shape index (κ2) is 7.33. The summed E-state index contributed by atoms with van der Waals surface area (Å²) < 4.78 is 18.8. The Bertz CT molecular complexity index is 456. The number of anilines is 1. The Balaban J connectivity index is 0.00000289. The van der Waals surface area contributed by atoms with Crippen LogP contribution in [-0.4, -0.2) is 18.6 Å². The summed E-state index contributed by atoms with van der Waals surface area (Å²) in [5, 5.41) is 0. The van der Waals surface area contributed by atoms with E-state index < -0.39 is 17.8 Å². The van der Waals surface area contributed by atoms with E-state index in [1.54, 1.807) is 6.92 Å². The minimum absolute atomic E-state index is 0. The van der Waals surface area contributed by atoms with Crippen molar-refractivity contribution in [2.75, 3.05) is 11.5 Å². The van der Waals surface area contributed by atoms with E-state index >= 15 is 0 Å². The summed E-state index contributed by atoms with van der Waals surface area (Å²) in [5.41, 5.74) is -0.126. The van der Waals surface area contributed by atoms with Crippen LogP contribution in [-0.2, 0) is 9.53 Å². The van der Waals surface area contributed by atoms with E-state index in [1.807, 2.05) is 0 Å². The number of imide groups is 1. The maximum Gasteiger partial charge on any atom is 0.421 e. The van der Waals surface area contributed by atoms with Gasteiger partial charge in [-0.1, -0.05) is 15.9 Å². The van der Waals surface area contributed by atoms with Crippen LogP contribution in [0.3, 0.4) is 0 Å². The first-order valence-corrected chi connectivity index (χ1v) is 5.69. The molecule has 0 heterocycles. The van der Waals surface area contributed by atoms with Crippen LogP contribution in [0.5, 0.6) is 0 Å². The molecule has 0 spiro atoms. The van der Waals surface area contributed by atoms with Gasteiger partial charge in [-0.15, -0.1) is 12.4 Å². The van der Waals surface area contributed by atoms with Gasteiger partial charge in [0.1, 0.15) is 5.82 Å². The lowest BCUT2D eigenvalue weighted by Crippen LogP contribution is -2.36. The second-order valence-corrected chi connectivity index (χ2v) is 4.06. The standard InChI is InChI=1S/C11H11BrFNO3.ClH/c1-3-17-11(16)14(7(2)15)10-5-4-8(12)6-9(10)13;/h4-6H,3H2,1-2H3;1H.